The van der Waals surface area contributed by atoms with Crippen LogP contribution < -0.4 is 4.90 Å². The molecule has 0 radical (unpaired) electrons. The Hall–Kier alpha value is -3.36. The van der Waals surface area contributed by atoms with E-state index in [1.54, 1.807) is 18.7 Å². The number of halogens is 2. The molecule has 4 rings (SSSR count). The van der Waals surface area contributed by atoms with E-state index in [0.717, 1.165) is 23.4 Å². The summed E-state index contributed by atoms with van der Waals surface area (Å²) >= 11 is 0. The molecule has 0 spiro atoms. The Balaban J connectivity index is 1.54. The van der Waals surface area contributed by atoms with Gasteiger partial charge in [-0.15, -0.1) is 0 Å². The SMILES string of the molecule is Cc1cc(N2CCN(C(=O)c3c(C)nn(-c4ccc(F)cc4F)c3C)CC2)nc(C)n1. The zero-order valence-electron chi connectivity index (χ0n) is 18.0. The van der Waals surface area contributed by atoms with Crippen LogP contribution in [-0.2, 0) is 0 Å². The van der Waals surface area contributed by atoms with Crippen molar-refractivity contribution < 1.29 is 13.6 Å². The van der Waals surface area contributed by atoms with Crippen LogP contribution in [0.3, 0.4) is 0 Å². The number of aryl methyl sites for hydroxylation is 3. The molecule has 3 heterocycles. The molecule has 31 heavy (non-hydrogen) atoms. The molecule has 0 atom stereocenters. The minimum absolute atomic E-state index is 0.111. The van der Waals surface area contributed by atoms with Crippen LogP contribution in [0.1, 0.15) is 33.3 Å². The van der Waals surface area contributed by atoms with Crippen molar-refractivity contribution in [3.8, 4) is 5.69 Å². The van der Waals surface area contributed by atoms with Gasteiger partial charge >= 0.3 is 0 Å². The van der Waals surface area contributed by atoms with Crippen molar-refractivity contribution in [1.29, 1.82) is 0 Å². The van der Waals surface area contributed by atoms with Crippen LogP contribution in [0, 0.1) is 39.3 Å². The van der Waals surface area contributed by atoms with E-state index in [1.807, 2.05) is 19.9 Å². The van der Waals surface area contributed by atoms with Crippen molar-refractivity contribution in [2.75, 3.05) is 31.1 Å². The molecule has 0 aliphatic carbocycles. The number of nitrogens with zero attached hydrogens (tertiary/aromatic N) is 6. The highest BCUT2D eigenvalue weighted by Crippen LogP contribution is 2.23. The van der Waals surface area contributed by atoms with Gasteiger partial charge in [0.2, 0.25) is 0 Å². The molecular weight excluding hydrogens is 402 g/mol. The summed E-state index contributed by atoms with van der Waals surface area (Å²) in [6.45, 7) is 9.63. The molecule has 1 fully saturated rings. The molecular formula is C22H24F2N6O. The minimum Gasteiger partial charge on any atom is -0.353 e. The third-order valence-electron chi connectivity index (χ3n) is 5.49. The summed E-state index contributed by atoms with van der Waals surface area (Å²) in [6.07, 6.45) is 0. The zero-order chi connectivity index (χ0) is 22.3. The highest BCUT2D eigenvalue weighted by Gasteiger charge is 2.28. The number of carbonyl (C=O) groups excluding carboxylic acids is 1. The number of aromatic nitrogens is 4. The van der Waals surface area contributed by atoms with Gasteiger partial charge in [-0.2, -0.15) is 5.10 Å². The smallest absolute Gasteiger partial charge is 0.257 e. The highest BCUT2D eigenvalue weighted by atomic mass is 19.1. The molecule has 1 saturated heterocycles. The first-order chi connectivity index (χ1) is 14.7. The second-order valence-corrected chi connectivity index (χ2v) is 7.75. The number of hydrogen-bond donors (Lipinski definition) is 0. The van der Waals surface area contributed by atoms with Gasteiger partial charge in [-0.25, -0.2) is 23.4 Å². The number of carbonyl (C=O) groups is 1. The average molecular weight is 426 g/mol. The summed E-state index contributed by atoms with van der Waals surface area (Å²) in [7, 11) is 0. The van der Waals surface area contributed by atoms with Crippen LogP contribution in [-0.4, -0.2) is 56.7 Å². The fourth-order valence-corrected chi connectivity index (χ4v) is 4.00. The van der Waals surface area contributed by atoms with E-state index in [-0.39, 0.29) is 11.6 Å². The Morgan fingerprint density at radius 2 is 1.68 bits per heavy atom. The number of hydrogen-bond acceptors (Lipinski definition) is 5. The maximum atomic E-state index is 14.3. The van der Waals surface area contributed by atoms with Crippen molar-refractivity contribution in [3.63, 3.8) is 0 Å². The molecule has 1 aromatic carbocycles. The lowest BCUT2D eigenvalue weighted by atomic mass is 10.1. The minimum atomic E-state index is -0.728. The van der Waals surface area contributed by atoms with E-state index in [0.29, 0.717) is 43.1 Å². The van der Waals surface area contributed by atoms with Crippen LogP contribution >= 0.6 is 0 Å². The molecule has 9 heteroatoms. The van der Waals surface area contributed by atoms with Gasteiger partial charge in [0.25, 0.3) is 5.91 Å². The third kappa shape index (κ3) is 3.99. The lowest BCUT2D eigenvalue weighted by molar-refractivity contribution is 0.0745. The average Bonchev–Trinajstić information content (AvgIpc) is 3.00. The van der Waals surface area contributed by atoms with Crippen LogP contribution in [0.25, 0.3) is 5.69 Å². The van der Waals surface area contributed by atoms with Crippen molar-refractivity contribution >= 4 is 11.7 Å². The standard InChI is InChI=1S/C22H24F2N6O/c1-13-11-20(26-16(4)25-13)28-7-9-29(10-8-28)22(31)21-14(2)27-30(15(21)3)19-6-5-17(23)12-18(19)24/h5-6,11-12H,7-10H2,1-4H3. The first-order valence-electron chi connectivity index (χ1n) is 10.1. The number of piperazine rings is 1. The third-order valence-corrected chi connectivity index (χ3v) is 5.49. The van der Waals surface area contributed by atoms with Crippen LogP contribution in [0.5, 0.6) is 0 Å². The Morgan fingerprint density at radius 1 is 0.968 bits per heavy atom. The zero-order valence-corrected chi connectivity index (χ0v) is 18.0. The second kappa shape index (κ2) is 8.05. The van der Waals surface area contributed by atoms with Crippen LogP contribution in [0.2, 0.25) is 0 Å². The predicted octanol–water partition coefficient (Wildman–Crippen LogP) is 3.14. The molecule has 0 saturated carbocycles. The van der Waals surface area contributed by atoms with Crippen molar-refractivity contribution in [1.82, 2.24) is 24.6 Å². The fourth-order valence-electron chi connectivity index (χ4n) is 4.00. The molecule has 0 bridgehead atoms. The largest absolute Gasteiger partial charge is 0.353 e. The lowest BCUT2D eigenvalue weighted by Crippen LogP contribution is -2.49. The van der Waals surface area contributed by atoms with Gasteiger partial charge in [0, 0.05) is 44.0 Å². The molecule has 0 unspecified atom stereocenters. The molecule has 162 valence electrons. The first kappa shape index (κ1) is 20.9. The summed E-state index contributed by atoms with van der Waals surface area (Å²) in [4.78, 5) is 26.0. The number of amides is 1. The Labute approximate surface area is 179 Å². The predicted molar refractivity (Wildman–Crippen MR) is 113 cm³/mol. The van der Waals surface area contributed by atoms with E-state index >= 15 is 0 Å². The molecule has 1 aliphatic heterocycles. The lowest BCUT2D eigenvalue weighted by Gasteiger charge is -2.35. The van der Waals surface area contributed by atoms with E-state index in [1.165, 1.54) is 16.8 Å². The van der Waals surface area contributed by atoms with Gasteiger partial charge in [0.1, 0.15) is 23.1 Å². The number of rotatable bonds is 3. The normalized spacial score (nSPS) is 14.3. The monoisotopic (exact) mass is 426 g/mol. The number of benzene rings is 1. The topological polar surface area (TPSA) is 67.2 Å². The van der Waals surface area contributed by atoms with Crippen LogP contribution in [0.4, 0.5) is 14.6 Å². The summed E-state index contributed by atoms with van der Waals surface area (Å²) in [6, 6.07) is 5.25. The van der Waals surface area contributed by atoms with Crippen LogP contribution in [0.15, 0.2) is 24.3 Å². The van der Waals surface area contributed by atoms with E-state index in [4.69, 9.17) is 0 Å². The Morgan fingerprint density at radius 3 is 2.32 bits per heavy atom. The molecule has 3 aromatic rings. The van der Waals surface area contributed by atoms with Gasteiger partial charge in [0.05, 0.1) is 17.0 Å². The summed E-state index contributed by atoms with van der Waals surface area (Å²) in [5.74, 6) is 0.0578. The Bertz CT molecular complexity index is 1130. The quantitative estimate of drug-likeness (QED) is 0.644. The molecule has 1 aliphatic rings. The number of anilines is 1. The maximum Gasteiger partial charge on any atom is 0.257 e. The van der Waals surface area contributed by atoms with Crippen molar-refractivity contribution in [2.45, 2.75) is 27.7 Å². The summed E-state index contributed by atoms with van der Waals surface area (Å²) in [5, 5.41) is 4.35. The van der Waals surface area contributed by atoms with Crippen molar-refractivity contribution in [2.24, 2.45) is 0 Å². The summed E-state index contributed by atoms with van der Waals surface area (Å²) in [5.41, 5.74) is 2.51. The van der Waals surface area contributed by atoms with Gasteiger partial charge in [-0.05, 0) is 39.8 Å². The van der Waals surface area contributed by atoms with E-state index < -0.39 is 11.6 Å². The maximum absolute atomic E-state index is 14.3. The molecule has 0 N–H and O–H groups in total. The first-order valence-corrected chi connectivity index (χ1v) is 10.1. The van der Waals surface area contributed by atoms with E-state index in [2.05, 4.69) is 20.0 Å². The van der Waals surface area contributed by atoms with Gasteiger partial charge in [0.15, 0.2) is 5.82 Å². The Kier molecular flexibility index (Phi) is 5.43. The summed E-state index contributed by atoms with van der Waals surface area (Å²) < 4.78 is 28.9. The highest BCUT2D eigenvalue weighted by molar-refractivity contribution is 5.96. The fraction of sp³-hybridized carbons (Fsp3) is 0.364. The van der Waals surface area contributed by atoms with E-state index in [9.17, 15) is 13.6 Å². The van der Waals surface area contributed by atoms with Crippen molar-refractivity contribution in [3.05, 3.63) is 64.4 Å². The molecule has 1 amide bonds. The van der Waals surface area contributed by atoms with Gasteiger partial charge in [-0.1, -0.05) is 0 Å². The molecule has 2 aromatic heterocycles. The van der Waals surface area contributed by atoms with Gasteiger partial charge < -0.3 is 9.80 Å². The molecule has 7 nitrogen and oxygen atoms in total. The second-order valence-electron chi connectivity index (χ2n) is 7.75. The van der Waals surface area contributed by atoms with Gasteiger partial charge in [-0.3, -0.25) is 4.79 Å².